The molecule has 0 saturated carbocycles. The predicted molar refractivity (Wildman–Crippen MR) is 91.7 cm³/mol. The minimum absolute atomic E-state index is 0.175. The molecule has 0 saturated heterocycles. The van der Waals surface area contributed by atoms with Crippen molar-refractivity contribution in [2.24, 2.45) is 0 Å². The molecule has 134 valence electrons. The van der Waals surface area contributed by atoms with E-state index in [0.29, 0.717) is 19.4 Å². The number of aromatic nitrogens is 2. The van der Waals surface area contributed by atoms with Gasteiger partial charge in [-0.1, -0.05) is 11.6 Å². The first-order chi connectivity index (χ1) is 11.9. The molecule has 0 spiro atoms. The summed E-state index contributed by atoms with van der Waals surface area (Å²) in [5.74, 6) is -1.25. The van der Waals surface area contributed by atoms with E-state index in [9.17, 15) is 13.6 Å². The van der Waals surface area contributed by atoms with E-state index in [0.717, 1.165) is 23.7 Å². The lowest BCUT2D eigenvalue weighted by Gasteiger charge is -2.35. The lowest BCUT2D eigenvalue weighted by molar-refractivity contribution is -0.132. The fraction of sp³-hybridized carbons (Fsp3) is 0.412. The van der Waals surface area contributed by atoms with E-state index in [1.54, 1.807) is 6.20 Å². The molecule has 25 heavy (non-hydrogen) atoms. The molecule has 1 atom stereocenters. The molecule has 1 aromatic heterocycles. The molecule has 2 aromatic rings. The Kier molecular flexibility index (Phi) is 5.29. The Morgan fingerprint density at radius 3 is 2.92 bits per heavy atom. The molecule has 0 fully saturated rings. The molecule has 1 aromatic carbocycles. The maximum absolute atomic E-state index is 14.3. The Labute approximate surface area is 154 Å². The maximum atomic E-state index is 14.3. The van der Waals surface area contributed by atoms with Crippen LogP contribution in [0.25, 0.3) is 0 Å². The van der Waals surface area contributed by atoms with Crippen molar-refractivity contribution in [2.45, 2.75) is 38.9 Å². The molecule has 1 unspecified atom stereocenters. The van der Waals surface area contributed by atoms with Crippen molar-refractivity contribution in [3.8, 4) is 0 Å². The van der Waals surface area contributed by atoms with Gasteiger partial charge in [0.2, 0.25) is 5.91 Å². The number of fused-ring (bicyclic) bond motifs is 1. The van der Waals surface area contributed by atoms with Gasteiger partial charge < -0.3 is 9.47 Å². The van der Waals surface area contributed by atoms with Crippen molar-refractivity contribution in [3.05, 3.63) is 52.1 Å². The largest absolute Gasteiger partial charge is 0.332 e. The molecular weight excluding hydrogens is 371 g/mol. The van der Waals surface area contributed by atoms with Gasteiger partial charge in [0.15, 0.2) is 0 Å². The van der Waals surface area contributed by atoms with Crippen LogP contribution in [0, 0.1) is 18.6 Å². The van der Waals surface area contributed by atoms with Crippen LogP contribution in [-0.2, 0) is 24.3 Å². The second kappa shape index (κ2) is 7.30. The summed E-state index contributed by atoms with van der Waals surface area (Å²) in [6, 6.07) is 2.04. The van der Waals surface area contributed by atoms with E-state index in [1.165, 1.54) is 4.90 Å². The predicted octanol–water partition coefficient (Wildman–Crippen LogP) is 3.71. The summed E-state index contributed by atoms with van der Waals surface area (Å²) in [5.41, 5.74) is 0.761. The minimum Gasteiger partial charge on any atom is -0.332 e. The second-order valence-corrected chi connectivity index (χ2v) is 6.77. The Morgan fingerprint density at radius 2 is 2.20 bits per heavy atom. The number of alkyl halides is 1. The van der Waals surface area contributed by atoms with Crippen LogP contribution in [0.3, 0.4) is 0 Å². The summed E-state index contributed by atoms with van der Waals surface area (Å²) in [6.07, 6.45) is 3.12. The Bertz CT molecular complexity index is 809. The first kappa shape index (κ1) is 18.1. The zero-order valence-electron chi connectivity index (χ0n) is 13.6. The summed E-state index contributed by atoms with van der Waals surface area (Å²) in [7, 11) is 0. The van der Waals surface area contributed by atoms with Gasteiger partial charge in [0.1, 0.15) is 23.3 Å². The number of hydrogen-bond acceptors (Lipinski definition) is 2. The van der Waals surface area contributed by atoms with Crippen molar-refractivity contribution < 1.29 is 13.6 Å². The fourth-order valence-electron chi connectivity index (χ4n) is 3.19. The fourth-order valence-corrected chi connectivity index (χ4v) is 3.52. The first-order valence-corrected chi connectivity index (χ1v) is 8.82. The summed E-state index contributed by atoms with van der Waals surface area (Å²) < 4.78 is 30.4. The average Bonchev–Trinajstić information content (AvgIpc) is 2.98. The summed E-state index contributed by atoms with van der Waals surface area (Å²) in [4.78, 5) is 18.1. The molecule has 0 bridgehead atoms. The minimum atomic E-state index is -0.843. The number of imidazole rings is 1. The van der Waals surface area contributed by atoms with E-state index in [-0.39, 0.29) is 35.0 Å². The topological polar surface area (TPSA) is 38.1 Å². The lowest BCUT2D eigenvalue weighted by Crippen LogP contribution is -2.45. The second-order valence-electron chi connectivity index (χ2n) is 6.10. The van der Waals surface area contributed by atoms with Crippen LogP contribution in [-0.4, -0.2) is 32.3 Å². The van der Waals surface area contributed by atoms with Crippen LogP contribution in [0.4, 0.5) is 8.78 Å². The van der Waals surface area contributed by atoms with Crippen LogP contribution < -0.4 is 0 Å². The van der Waals surface area contributed by atoms with E-state index in [4.69, 9.17) is 23.2 Å². The van der Waals surface area contributed by atoms with Crippen LogP contribution in [0.2, 0.25) is 5.02 Å². The average molecular weight is 388 g/mol. The van der Waals surface area contributed by atoms with Gasteiger partial charge in [-0.15, -0.1) is 11.6 Å². The van der Waals surface area contributed by atoms with Crippen LogP contribution >= 0.6 is 23.2 Å². The molecule has 1 aliphatic heterocycles. The van der Waals surface area contributed by atoms with Gasteiger partial charge in [0, 0.05) is 30.4 Å². The molecule has 0 aliphatic carbocycles. The highest BCUT2D eigenvalue weighted by molar-refractivity contribution is 6.30. The third-order valence-corrected chi connectivity index (χ3v) is 5.10. The summed E-state index contributed by atoms with van der Waals surface area (Å²) >= 11 is 11.5. The van der Waals surface area contributed by atoms with Crippen molar-refractivity contribution in [1.82, 2.24) is 14.5 Å². The monoisotopic (exact) mass is 387 g/mol. The third kappa shape index (κ3) is 3.51. The standard InChI is InChI=1S/C17H17Cl2F2N3O/c1-10-7-22-15-5-2-11(8-23(10)15)24(16(25)6-18)9-12-14(20)4-3-13(19)17(12)21/h3-4,7,11H,2,5-6,8-9H2,1H3. The van der Waals surface area contributed by atoms with Crippen LogP contribution in [0.5, 0.6) is 0 Å². The van der Waals surface area contributed by atoms with Gasteiger partial charge in [-0.3, -0.25) is 4.79 Å². The van der Waals surface area contributed by atoms with Gasteiger partial charge in [0.25, 0.3) is 0 Å². The Balaban J connectivity index is 1.91. The first-order valence-electron chi connectivity index (χ1n) is 7.91. The molecular formula is C17H17Cl2F2N3O. The number of nitrogens with zero attached hydrogens (tertiary/aromatic N) is 3. The van der Waals surface area contributed by atoms with Gasteiger partial charge in [-0.25, -0.2) is 13.8 Å². The van der Waals surface area contributed by atoms with Gasteiger partial charge >= 0.3 is 0 Å². The number of benzene rings is 1. The quantitative estimate of drug-likeness (QED) is 0.592. The van der Waals surface area contributed by atoms with Crippen molar-refractivity contribution in [1.29, 1.82) is 0 Å². The summed E-state index contributed by atoms with van der Waals surface area (Å²) in [6.45, 7) is 2.24. The molecule has 2 heterocycles. The Hall–Kier alpha value is -1.66. The van der Waals surface area contributed by atoms with Crippen LogP contribution in [0.15, 0.2) is 18.3 Å². The number of amides is 1. The Morgan fingerprint density at radius 1 is 1.44 bits per heavy atom. The van der Waals surface area contributed by atoms with Crippen molar-refractivity contribution >= 4 is 29.1 Å². The van der Waals surface area contributed by atoms with Crippen molar-refractivity contribution in [2.75, 3.05) is 5.88 Å². The zero-order chi connectivity index (χ0) is 18.1. The molecule has 0 N–H and O–H groups in total. The summed E-state index contributed by atoms with van der Waals surface area (Å²) in [5, 5.41) is -0.175. The molecule has 4 nitrogen and oxygen atoms in total. The molecule has 1 aliphatic rings. The number of halogens is 4. The smallest absolute Gasteiger partial charge is 0.238 e. The van der Waals surface area contributed by atoms with Gasteiger partial charge in [-0.05, 0) is 25.5 Å². The van der Waals surface area contributed by atoms with E-state index in [2.05, 4.69) is 4.98 Å². The highest BCUT2D eigenvalue weighted by Crippen LogP contribution is 2.26. The number of aryl methyl sites for hydroxylation is 2. The number of carbonyl (C=O) groups is 1. The third-order valence-electron chi connectivity index (χ3n) is 4.58. The van der Waals surface area contributed by atoms with E-state index < -0.39 is 11.6 Å². The van der Waals surface area contributed by atoms with Crippen LogP contribution in [0.1, 0.15) is 23.5 Å². The molecule has 1 amide bonds. The number of rotatable bonds is 4. The number of hydrogen-bond donors (Lipinski definition) is 0. The van der Waals surface area contributed by atoms with Gasteiger partial charge in [-0.2, -0.15) is 0 Å². The normalized spacial score (nSPS) is 16.6. The SMILES string of the molecule is Cc1cnc2n1CC(N(Cc1c(F)ccc(Cl)c1F)C(=O)CCl)CC2. The molecule has 8 heteroatoms. The maximum Gasteiger partial charge on any atom is 0.238 e. The van der Waals surface area contributed by atoms with E-state index >= 15 is 0 Å². The highest BCUT2D eigenvalue weighted by Gasteiger charge is 2.30. The molecule has 3 rings (SSSR count). The van der Waals surface area contributed by atoms with Gasteiger partial charge in [0.05, 0.1) is 17.6 Å². The number of carbonyl (C=O) groups excluding carboxylic acids is 1. The highest BCUT2D eigenvalue weighted by atomic mass is 35.5. The van der Waals surface area contributed by atoms with Crippen molar-refractivity contribution in [3.63, 3.8) is 0 Å². The zero-order valence-corrected chi connectivity index (χ0v) is 15.1. The van der Waals surface area contributed by atoms with E-state index in [1.807, 2.05) is 11.5 Å². The molecule has 0 radical (unpaired) electrons. The lowest BCUT2D eigenvalue weighted by atomic mass is 10.0.